The molecule has 3 aromatic rings. The number of benzene rings is 1. The number of piperidine rings is 1. The molecule has 1 saturated heterocycles. The second-order valence-corrected chi connectivity index (χ2v) is 10.3. The number of hydrogen-bond donors (Lipinski definition) is 1. The van der Waals surface area contributed by atoms with Crippen molar-refractivity contribution < 1.29 is 19.1 Å². The second-order valence-electron chi connectivity index (χ2n) is 10.3. The molecule has 0 aliphatic carbocycles. The van der Waals surface area contributed by atoms with Gasteiger partial charge < -0.3 is 15.4 Å². The number of fused-ring (bicyclic) bond motifs is 2. The van der Waals surface area contributed by atoms with E-state index in [2.05, 4.69) is 30.9 Å². The van der Waals surface area contributed by atoms with Crippen LogP contribution in [-0.2, 0) is 15.0 Å². The summed E-state index contributed by atoms with van der Waals surface area (Å²) in [5, 5.41) is 4.33. The number of carbonyl (C=O) groups excluding carboxylic acids is 3. The number of nitrogens with two attached hydrogens (primary N) is 1. The first-order valence-electron chi connectivity index (χ1n) is 12.1. The Balaban J connectivity index is 1.46. The molecule has 0 spiro atoms. The summed E-state index contributed by atoms with van der Waals surface area (Å²) in [7, 11) is 0. The highest BCUT2D eigenvalue weighted by Crippen LogP contribution is 2.37. The summed E-state index contributed by atoms with van der Waals surface area (Å²) >= 11 is 0. The van der Waals surface area contributed by atoms with Crippen LogP contribution in [0.5, 0.6) is 5.75 Å². The van der Waals surface area contributed by atoms with Crippen molar-refractivity contribution in [3.05, 3.63) is 53.5 Å². The molecule has 4 heterocycles. The molecule has 1 aromatic carbocycles. The lowest BCUT2D eigenvalue weighted by Gasteiger charge is -2.38. The second kappa shape index (κ2) is 8.92. The van der Waals surface area contributed by atoms with E-state index >= 15 is 0 Å². The molecule has 10 heteroatoms. The summed E-state index contributed by atoms with van der Waals surface area (Å²) in [6.45, 7) is 6.67. The standard InChI is InChI=1S/C26H30N6O4/c1-26(2,3)16-7-8-21-20(12-16)31(23(34)15-36-21)14-22(33)30-11-5-4-6-18(30)19-9-10-28-25-17(24(27)35)13-29-32(19)25/h7-10,12-13,18H,4-6,11,14-15H2,1-3H3,(H2,27,35)/t18-/m0/s1. The Bertz CT molecular complexity index is 1360. The summed E-state index contributed by atoms with van der Waals surface area (Å²) in [5.41, 5.74) is 8.38. The van der Waals surface area contributed by atoms with Gasteiger partial charge in [0.05, 0.1) is 23.6 Å². The van der Waals surface area contributed by atoms with Gasteiger partial charge in [0.15, 0.2) is 12.3 Å². The quantitative estimate of drug-likeness (QED) is 0.600. The highest BCUT2D eigenvalue weighted by molar-refractivity contribution is 6.02. The summed E-state index contributed by atoms with van der Waals surface area (Å²) in [6.07, 6.45) is 5.55. The van der Waals surface area contributed by atoms with E-state index in [0.29, 0.717) is 23.6 Å². The number of hydrogen-bond acceptors (Lipinski definition) is 6. The van der Waals surface area contributed by atoms with Gasteiger partial charge in [0.1, 0.15) is 17.9 Å². The minimum atomic E-state index is -0.606. The van der Waals surface area contributed by atoms with Crippen molar-refractivity contribution in [2.45, 2.75) is 51.5 Å². The van der Waals surface area contributed by atoms with Crippen molar-refractivity contribution in [2.24, 2.45) is 5.73 Å². The third-order valence-electron chi connectivity index (χ3n) is 6.92. The minimum Gasteiger partial charge on any atom is -0.482 e. The predicted molar refractivity (Wildman–Crippen MR) is 133 cm³/mol. The molecule has 2 N–H and O–H groups in total. The largest absolute Gasteiger partial charge is 0.482 e. The molecule has 0 saturated carbocycles. The van der Waals surface area contributed by atoms with Gasteiger partial charge >= 0.3 is 0 Å². The lowest BCUT2D eigenvalue weighted by molar-refractivity contribution is -0.135. The van der Waals surface area contributed by atoms with Crippen LogP contribution in [0.25, 0.3) is 5.65 Å². The van der Waals surface area contributed by atoms with Gasteiger partial charge in [0, 0.05) is 12.7 Å². The SMILES string of the molecule is CC(C)(C)c1ccc2c(c1)N(CC(=O)N1CCCC[C@H]1c1ccnc3c(C(N)=O)cnn13)C(=O)CO2. The number of rotatable bonds is 4. The van der Waals surface area contributed by atoms with E-state index in [1.54, 1.807) is 15.6 Å². The van der Waals surface area contributed by atoms with E-state index in [0.717, 1.165) is 30.5 Å². The summed E-state index contributed by atoms with van der Waals surface area (Å²) in [6, 6.07) is 7.34. The third kappa shape index (κ3) is 4.16. The first-order chi connectivity index (χ1) is 17.1. The Kier molecular flexibility index (Phi) is 5.89. The molecule has 2 aromatic heterocycles. The molecule has 5 rings (SSSR count). The average Bonchev–Trinajstić information content (AvgIpc) is 3.29. The van der Waals surface area contributed by atoms with Crippen molar-refractivity contribution in [1.29, 1.82) is 0 Å². The van der Waals surface area contributed by atoms with Crippen LogP contribution in [0, 0.1) is 0 Å². The van der Waals surface area contributed by atoms with Crippen LogP contribution in [-0.4, -0.2) is 56.9 Å². The van der Waals surface area contributed by atoms with Gasteiger partial charge in [-0.15, -0.1) is 0 Å². The summed E-state index contributed by atoms with van der Waals surface area (Å²) in [4.78, 5) is 46.0. The number of carbonyl (C=O) groups is 3. The van der Waals surface area contributed by atoms with E-state index in [-0.39, 0.29) is 42.0 Å². The molecular formula is C26H30N6O4. The number of aromatic nitrogens is 3. The molecule has 3 amide bonds. The molecule has 188 valence electrons. The van der Waals surface area contributed by atoms with Gasteiger partial charge in [-0.25, -0.2) is 9.50 Å². The highest BCUT2D eigenvalue weighted by Gasteiger charge is 2.35. The highest BCUT2D eigenvalue weighted by atomic mass is 16.5. The van der Waals surface area contributed by atoms with Crippen LogP contribution in [0.2, 0.25) is 0 Å². The Morgan fingerprint density at radius 3 is 2.75 bits per heavy atom. The number of primary amides is 1. The van der Waals surface area contributed by atoms with E-state index in [4.69, 9.17) is 10.5 Å². The van der Waals surface area contributed by atoms with Gasteiger partial charge in [-0.2, -0.15) is 5.10 Å². The smallest absolute Gasteiger partial charge is 0.265 e. The molecule has 10 nitrogen and oxygen atoms in total. The molecule has 1 fully saturated rings. The van der Waals surface area contributed by atoms with Crippen LogP contribution < -0.4 is 15.4 Å². The number of nitrogens with zero attached hydrogens (tertiary/aromatic N) is 5. The maximum Gasteiger partial charge on any atom is 0.265 e. The number of ether oxygens (including phenoxy) is 1. The lowest BCUT2D eigenvalue weighted by atomic mass is 9.86. The third-order valence-corrected chi connectivity index (χ3v) is 6.92. The van der Waals surface area contributed by atoms with Crippen LogP contribution >= 0.6 is 0 Å². The van der Waals surface area contributed by atoms with Gasteiger partial charge in [-0.3, -0.25) is 19.3 Å². The Morgan fingerprint density at radius 2 is 2.00 bits per heavy atom. The van der Waals surface area contributed by atoms with Crippen molar-refractivity contribution >= 4 is 29.1 Å². The number of likely N-dealkylation sites (tertiary alicyclic amines) is 1. The fourth-order valence-corrected chi connectivity index (χ4v) is 4.94. The maximum atomic E-state index is 13.7. The zero-order valence-electron chi connectivity index (χ0n) is 20.7. The molecule has 1 atom stereocenters. The van der Waals surface area contributed by atoms with Gasteiger partial charge in [0.2, 0.25) is 5.91 Å². The maximum absolute atomic E-state index is 13.7. The molecule has 2 aliphatic heterocycles. The molecular weight excluding hydrogens is 460 g/mol. The van der Waals surface area contributed by atoms with E-state index < -0.39 is 5.91 Å². The molecule has 0 radical (unpaired) electrons. The van der Waals surface area contributed by atoms with Crippen LogP contribution in [0.15, 0.2) is 36.7 Å². The predicted octanol–water partition coefficient (Wildman–Crippen LogP) is 2.60. The summed E-state index contributed by atoms with van der Waals surface area (Å²) < 4.78 is 7.23. The van der Waals surface area contributed by atoms with Crippen LogP contribution in [0.3, 0.4) is 0 Å². The number of anilines is 1. The van der Waals surface area contributed by atoms with Crippen molar-refractivity contribution in [3.63, 3.8) is 0 Å². The minimum absolute atomic E-state index is 0.0842. The Morgan fingerprint density at radius 1 is 1.19 bits per heavy atom. The fraction of sp³-hybridized carbons (Fsp3) is 0.423. The number of amides is 3. The zero-order valence-corrected chi connectivity index (χ0v) is 20.7. The van der Waals surface area contributed by atoms with Crippen LogP contribution in [0.4, 0.5) is 5.69 Å². The topological polar surface area (TPSA) is 123 Å². The fourth-order valence-electron chi connectivity index (χ4n) is 4.94. The molecule has 2 aliphatic rings. The summed E-state index contributed by atoms with van der Waals surface area (Å²) in [5.74, 6) is -0.420. The zero-order chi connectivity index (χ0) is 25.6. The van der Waals surface area contributed by atoms with E-state index in [1.165, 1.54) is 11.1 Å². The first kappa shape index (κ1) is 23.8. The van der Waals surface area contributed by atoms with Gasteiger partial charge in [-0.1, -0.05) is 26.8 Å². The average molecular weight is 491 g/mol. The monoisotopic (exact) mass is 490 g/mol. The van der Waals surface area contributed by atoms with Crippen molar-refractivity contribution in [2.75, 3.05) is 24.6 Å². The molecule has 0 bridgehead atoms. The van der Waals surface area contributed by atoms with Crippen molar-refractivity contribution in [1.82, 2.24) is 19.5 Å². The van der Waals surface area contributed by atoms with Crippen molar-refractivity contribution in [3.8, 4) is 5.75 Å². The normalized spacial score (nSPS) is 18.2. The van der Waals surface area contributed by atoms with Crippen LogP contribution in [0.1, 0.15) is 67.7 Å². The first-order valence-corrected chi connectivity index (χ1v) is 12.1. The van der Waals surface area contributed by atoms with E-state index in [1.807, 2.05) is 24.3 Å². The Hall–Kier alpha value is -3.95. The Labute approximate surface area is 209 Å². The molecule has 0 unspecified atom stereocenters. The van der Waals surface area contributed by atoms with E-state index in [9.17, 15) is 14.4 Å². The molecule has 36 heavy (non-hydrogen) atoms. The van der Waals surface area contributed by atoms with Gasteiger partial charge in [-0.05, 0) is 48.4 Å². The van der Waals surface area contributed by atoms with Gasteiger partial charge in [0.25, 0.3) is 11.8 Å². The lowest BCUT2D eigenvalue weighted by Crippen LogP contribution is -2.48.